The molecule has 0 aliphatic carbocycles. The molecule has 2 saturated heterocycles. The molecular weight excluding hydrogens is 198 g/mol. The van der Waals surface area contributed by atoms with Gasteiger partial charge in [-0.05, 0) is 25.7 Å². The van der Waals surface area contributed by atoms with Crippen molar-refractivity contribution in [3.8, 4) is 0 Å². The summed E-state index contributed by atoms with van der Waals surface area (Å²) in [6.07, 6.45) is 13.8. The fraction of sp³-hybridized carbons (Fsp3) is 1.00. The fourth-order valence-electron chi connectivity index (χ4n) is 3.33. The van der Waals surface area contributed by atoms with Gasteiger partial charge in [0.05, 0.1) is 12.2 Å². The molecular formula is C14H27NO. The zero-order valence-electron chi connectivity index (χ0n) is 10.7. The van der Waals surface area contributed by atoms with Crippen molar-refractivity contribution in [1.29, 1.82) is 0 Å². The Morgan fingerprint density at radius 1 is 1.12 bits per heavy atom. The van der Waals surface area contributed by atoms with Gasteiger partial charge < -0.3 is 10.5 Å². The van der Waals surface area contributed by atoms with Crippen LogP contribution in [0.5, 0.6) is 0 Å². The zero-order chi connectivity index (χ0) is 11.4. The summed E-state index contributed by atoms with van der Waals surface area (Å²) in [5.41, 5.74) is 6.50. The van der Waals surface area contributed by atoms with Gasteiger partial charge in [0.2, 0.25) is 0 Å². The van der Waals surface area contributed by atoms with Gasteiger partial charge in [0.25, 0.3) is 0 Å². The molecule has 0 radical (unpaired) electrons. The largest absolute Gasteiger partial charge is 0.373 e. The minimum absolute atomic E-state index is 0.0354. The lowest BCUT2D eigenvalue weighted by atomic mass is 9.79. The second-order valence-electron chi connectivity index (χ2n) is 5.78. The molecule has 2 nitrogen and oxygen atoms in total. The summed E-state index contributed by atoms with van der Waals surface area (Å²) >= 11 is 0. The van der Waals surface area contributed by atoms with Crippen LogP contribution < -0.4 is 5.73 Å². The Labute approximate surface area is 99.9 Å². The summed E-state index contributed by atoms with van der Waals surface area (Å²) in [7, 11) is 0. The summed E-state index contributed by atoms with van der Waals surface area (Å²) in [6.45, 7) is 2.27. The maximum Gasteiger partial charge on any atom is 0.0760 e. The van der Waals surface area contributed by atoms with E-state index in [0.717, 1.165) is 6.42 Å². The first-order valence-corrected chi connectivity index (χ1v) is 7.19. The molecule has 2 N–H and O–H groups in total. The summed E-state index contributed by atoms with van der Waals surface area (Å²) < 4.78 is 5.86. The molecule has 2 heterocycles. The molecule has 2 aliphatic heterocycles. The van der Waals surface area contributed by atoms with Crippen LogP contribution in [0.4, 0.5) is 0 Å². The number of rotatable bonds is 7. The predicted molar refractivity (Wildman–Crippen MR) is 67.4 cm³/mol. The molecule has 2 rings (SSSR count). The monoisotopic (exact) mass is 225 g/mol. The first-order valence-electron chi connectivity index (χ1n) is 7.19. The van der Waals surface area contributed by atoms with E-state index >= 15 is 0 Å². The molecule has 0 aromatic rings. The minimum Gasteiger partial charge on any atom is -0.373 e. The maximum absolute atomic E-state index is 6.46. The van der Waals surface area contributed by atoms with Gasteiger partial charge in [-0.1, -0.05) is 45.4 Å². The van der Waals surface area contributed by atoms with Gasteiger partial charge in [0, 0.05) is 5.54 Å². The minimum atomic E-state index is 0.0354. The lowest BCUT2D eigenvalue weighted by molar-refractivity contribution is 0.0832. The summed E-state index contributed by atoms with van der Waals surface area (Å²) in [6, 6.07) is 0. The van der Waals surface area contributed by atoms with Gasteiger partial charge >= 0.3 is 0 Å². The van der Waals surface area contributed by atoms with Gasteiger partial charge in [-0.25, -0.2) is 0 Å². The van der Waals surface area contributed by atoms with E-state index in [9.17, 15) is 0 Å². The van der Waals surface area contributed by atoms with E-state index in [2.05, 4.69) is 6.92 Å². The molecule has 0 aromatic heterocycles. The average molecular weight is 225 g/mol. The number of nitrogens with two attached hydrogens (primary N) is 1. The molecule has 2 aliphatic rings. The molecule has 3 unspecified atom stereocenters. The Morgan fingerprint density at radius 3 is 2.50 bits per heavy atom. The van der Waals surface area contributed by atoms with Crippen LogP contribution in [-0.4, -0.2) is 17.7 Å². The van der Waals surface area contributed by atoms with Crippen molar-refractivity contribution in [3.63, 3.8) is 0 Å². The molecule has 2 fully saturated rings. The van der Waals surface area contributed by atoms with Crippen LogP contribution in [0.1, 0.15) is 71.1 Å². The number of ether oxygens (including phenoxy) is 1. The summed E-state index contributed by atoms with van der Waals surface area (Å²) in [4.78, 5) is 0. The highest BCUT2D eigenvalue weighted by Crippen LogP contribution is 2.42. The highest BCUT2D eigenvalue weighted by Gasteiger charge is 2.49. The zero-order valence-corrected chi connectivity index (χ0v) is 10.7. The Kier molecular flexibility index (Phi) is 4.26. The lowest BCUT2D eigenvalue weighted by Crippen LogP contribution is -2.48. The van der Waals surface area contributed by atoms with E-state index in [-0.39, 0.29) is 5.54 Å². The Balaban J connectivity index is 1.59. The van der Waals surface area contributed by atoms with Gasteiger partial charge in [-0.2, -0.15) is 0 Å². The van der Waals surface area contributed by atoms with Crippen LogP contribution in [0.2, 0.25) is 0 Å². The van der Waals surface area contributed by atoms with Crippen molar-refractivity contribution in [2.45, 2.75) is 88.9 Å². The van der Waals surface area contributed by atoms with E-state index in [4.69, 9.17) is 10.5 Å². The Hall–Kier alpha value is -0.0800. The lowest BCUT2D eigenvalue weighted by Gasteiger charge is -2.31. The van der Waals surface area contributed by atoms with E-state index in [1.807, 2.05) is 0 Å². The second kappa shape index (κ2) is 5.50. The molecule has 2 heteroatoms. The average Bonchev–Trinajstić information content (AvgIpc) is 2.83. The van der Waals surface area contributed by atoms with Crippen molar-refractivity contribution in [1.82, 2.24) is 0 Å². The molecule has 0 amide bonds. The normalized spacial score (nSPS) is 37.1. The van der Waals surface area contributed by atoms with E-state index in [0.29, 0.717) is 12.2 Å². The molecule has 3 atom stereocenters. The molecule has 94 valence electrons. The first-order chi connectivity index (χ1) is 7.74. The van der Waals surface area contributed by atoms with Crippen LogP contribution >= 0.6 is 0 Å². The topological polar surface area (TPSA) is 35.2 Å². The van der Waals surface area contributed by atoms with E-state index in [1.165, 1.54) is 57.8 Å². The van der Waals surface area contributed by atoms with Gasteiger partial charge in [0.1, 0.15) is 0 Å². The van der Waals surface area contributed by atoms with Crippen LogP contribution in [-0.2, 0) is 4.74 Å². The SMILES string of the molecule is CCCCCCCCC1(N)CC2CCC1O2. The van der Waals surface area contributed by atoms with Crippen molar-refractivity contribution in [2.24, 2.45) is 5.73 Å². The van der Waals surface area contributed by atoms with Crippen LogP contribution in [0.3, 0.4) is 0 Å². The van der Waals surface area contributed by atoms with Crippen LogP contribution in [0.25, 0.3) is 0 Å². The third-order valence-electron chi connectivity index (χ3n) is 4.35. The highest BCUT2D eigenvalue weighted by molar-refractivity contribution is 5.04. The molecule has 0 saturated carbocycles. The van der Waals surface area contributed by atoms with Gasteiger partial charge in [0.15, 0.2) is 0 Å². The van der Waals surface area contributed by atoms with Crippen molar-refractivity contribution in [3.05, 3.63) is 0 Å². The van der Waals surface area contributed by atoms with Crippen molar-refractivity contribution < 1.29 is 4.74 Å². The first kappa shape index (κ1) is 12.4. The van der Waals surface area contributed by atoms with Gasteiger partial charge in [-0.3, -0.25) is 0 Å². The third-order valence-corrected chi connectivity index (χ3v) is 4.35. The Morgan fingerprint density at radius 2 is 1.88 bits per heavy atom. The quantitative estimate of drug-likeness (QED) is 0.674. The van der Waals surface area contributed by atoms with E-state index in [1.54, 1.807) is 0 Å². The number of unbranched alkanes of at least 4 members (excludes halogenated alkanes) is 5. The standard InChI is InChI=1S/C14H27NO/c1-2-3-4-5-6-7-10-14(15)11-12-8-9-13(14)16-12/h12-13H,2-11,15H2,1H3. The smallest absolute Gasteiger partial charge is 0.0760 e. The summed E-state index contributed by atoms with van der Waals surface area (Å²) in [5.74, 6) is 0. The molecule has 0 spiro atoms. The number of hydrogen-bond acceptors (Lipinski definition) is 2. The van der Waals surface area contributed by atoms with Crippen LogP contribution in [0.15, 0.2) is 0 Å². The van der Waals surface area contributed by atoms with Crippen molar-refractivity contribution >= 4 is 0 Å². The maximum atomic E-state index is 6.46. The summed E-state index contributed by atoms with van der Waals surface area (Å²) in [5, 5.41) is 0. The highest BCUT2D eigenvalue weighted by atomic mass is 16.5. The Bertz CT molecular complexity index is 219. The number of fused-ring (bicyclic) bond motifs is 2. The second-order valence-corrected chi connectivity index (χ2v) is 5.78. The third kappa shape index (κ3) is 2.78. The fourth-order valence-corrected chi connectivity index (χ4v) is 3.33. The van der Waals surface area contributed by atoms with Crippen LogP contribution in [0, 0.1) is 0 Å². The van der Waals surface area contributed by atoms with Gasteiger partial charge in [-0.15, -0.1) is 0 Å². The van der Waals surface area contributed by atoms with Crippen molar-refractivity contribution in [2.75, 3.05) is 0 Å². The molecule has 16 heavy (non-hydrogen) atoms. The predicted octanol–water partition coefficient (Wildman–Crippen LogP) is 3.39. The molecule has 2 bridgehead atoms. The number of hydrogen-bond donors (Lipinski definition) is 1. The van der Waals surface area contributed by atoms with E-state index < -0.39 is 0 Å². The molecule has 0 aromatic carbocycles.